The lowest BCUT2D eigenvalue weighted by Crippen LogP contribution is -2.17. The minimum atomic E-state index is -0.923. The summed E-state index contributed by atoms with van der Waals surface area (Å²) in [5, 5.41) is 8.67. The lowest BCUT2D eigenvalue weighted by Gasteiger charge is -2.10. The van der Waals surface area contributed by atoms with Gasteiger partial charge in [0.2, 0.25) is 0 Å². The van der Waals surface area contributed by atoms with E-state index in [2.05, 4.69) is 9.97 Å². The van der Waals surface area contributed by atoms with Gasteiger partial charge in [-0.1, -0.05) is 25.1 Å². The van der Waals surface area contributed by atoms with E-state index in [9.17, 15) is 9.59 Å². The molecule has 0 fully saturated rings. The van der Waals surface area contributed by atoms with Crippen molar-refractivity contribution < 1.29 is 19.4 Å². The van der Waals surface area contributed by atoms with Crippen molar-refractivity contribution in [1.29, 1.82) is 0 Å². The van der Waals surface area contributed by atoms with Crippen molar-refractivity contribution >= 4 is 29.5 Å². The van der Waals surface area contributed by atoms with Crippen molar-refractivity contribution in [2.45, 2.75) is 37.1 Å². The van der Waals surface area contributed by atoms with Crippen LogP contribution in [0, 0.1) is 0 Å². The van der Waals surface area contributed by atoms with Crippen LogP contribution in [0.25, 0.3) is 0 Å². The maximum Gasteiger partial charge on any atom is 0.343 e. The number of aliphatic carboxylic acids is 1. The van der Waals surface area contributed by atoms with Gasteiger partial charge in [0.05, 0.1) is 6.61 Å². The van der Waals surface area contributed by atoms with Gasteiger partial charge in [-0.3, -0.25) is 4.79 Å². The van der Waals surface area contributed by atoms with E-state index in [1.807, 2.05) is 6.92 Å². The Morgan fingerprint density at radius 3 is 2.70 bits per heavy atom. The Kier molecular flexibility index (Phi) is 6.23. The van der Waals surface area contributed by atoms with Gasteiger partial charge < -0.3 is 15.6 Å². The van der Waals surface area contributed by atoms with E-state index < -0.39 is 17.2 Å². The van der Waals surface area contributed by atoms with Gasteiger partial charge in [-0.2, -0.15) is 0 Å². The molecule has 0 aliphatic rings. The lowest BCUT2D eigenvalue weighted by atomic mass is 10.2. The number of anilines is 1. The molecule has 0 aromatic carbocycles. The number of rotatable bonds is 7. The van der Waals surface area contributed by atoms with Crippen LogP contribution in [0.2, 0.25) is 0 Å². The second kappa shape index (κ2) is 7.68. The first kappa shape index (κ1) is 16.2. The number of carbonyl (C=O) groups excluding carboxylic acids is 1. The fraction of sp³-hybridized carbons (Fsp3) is 0.500. The molecule has 0 saturated carbocycles. The highest BCUT2D eigenvalue weighted by Crippen LogP contribution is 2.24. The minimum absolute atomic E-state index is 0.0124. The number of nitrogen functional groups attached to an aromatic ring is 1. The molecule has 0 aliphatic heterocycles. The fourth-order valence-corrected chi connectivity index (χ4v) is 2.40. The minimum Gasteiger partial charge on any atom is -0.480 e. The van der Waals surface area contributed by atoms with Crippen molar-refractivity contribution in [2.24, 2.45) is 0 Å². The summed E-state index contributed by atoms with van der Waals surface area (Å²) in [5.74, 6) is -1.53. The third kappa shape index (κ3) is 4.37. The Labute approximate surface area is 120 Å². The summed E-state index contributed by atoms with van der Waals surface area (Å²) in [6.45, 7) is 3.81. The number of hydrogen-bond donors (Lipinski definition) is 2. The summed E-state index contributed by atoms with van der Waals surface area (Å²) >= 11 is 1.02. The molecular formula is C12H17N3O4S. The van der Waals surface area contributed by atoms with Gasteiger partial charge in [-0.15, -0.1) is 0 Å². The Hall–Kier alpha value is -1.83. The summed E-state index contributed by atoms with van der Waals surface area (Å²) in [6.07, 6.45) is 2.50. The van der Waals surface area contributed by atoms with Gasteiger partial charge in [0.25, 0.3) is 0 Å². The van der Waals surface area contributed by atoms with Gasteiger partial charge in [0, 0.05) is 6.20 Å². The molecule has 0 spiro atoms. The van der Waals surface area contributed by atoms with Gasteiger partial charge in [0.15, 0.2) is 5.16 Å². The van der Waals surface area contributed by atoms with Crippen LogP contribution >= 0.6 is 11.8 Å². The van der Waals surface area contributed by atoms with Crippen LogP contribution in [-0.4, -0.2) is 38.9 Å². The molecule has 1 unspecified atom stereocenters. The standard InChI is InChI=1S/C12H17N3O4S/c1-3-5-8(10(16)17)20-12-14-6-7(9(13)15-12)11(18)19-4-2/h6,8H,3-5H2,1-2H3,(H,16,17)(H2,13,14,15). The molecule has 0 bridgehead atoms. The second-order valence-electron chi connectivity index (χ2n) is 3.91. The van der Waals surface area contributed by atoms with E-state index in [1.165, 1.54) is 6.20 Å². The second-order valence-corrected chi connectivity index (χ2v) is 5.08. The zero-order valence-electron chi connectivity index (χ0n) is 11.3. The number of ether oxygens (including phenoxy) is 1. The van der Waals surface area contributed by atoms with E-state index >= 15 is 0 Å². The van der Waals surface area contributed by atoms with Crippen LogP contribution in [0.1, 0.15) is 37.0 Å². The normalized spacial score (nSPS) is 11.9. The zero-order chi connectivity index (χ0) is 15.1. The van der Waals surface area contributed by atoms with Gasteiger partial charge in [-0.25, -0.2) is 14.8 Å². The van der Waals surface area contributed by atoms with E-state index in [1.54, 1.807) is 6.92 Å². The number of carbonyl (C=O) groups is 2. The molecule has 0 amide bonds. The first-order chi connectivity index (χ1) is 9.49. The Morgan fingerprint density at radius 2 is 2.20 bits per heavy atom. The molecule has 0 saturated heterocycles. The first-order valence-electron chi connectivity index (χ1n) is 6.18. The topological polar surface area (TPSA) is 115 Å². The van der Waals surface area contributed by atoms with Crippen LogP contribution < -0.4 is 5.73 Å². The number of aromatic nitrogens is 2. The number of nitrogens with zero attached hydrogens (tertiary/aromatic N) is 2. The monoisotopic (exact) mass is 299 g/mol. The summed E-state index contributed by atoms with van der Waals surface area (Å²) in [4.78, 5) is 30.5. The number of nitrogens with two attached hydrogens (primary N) is 1. The van der Waals surface area contributed by atoms with Gasteiger partial charge in [0.1, 0.15) is 16.6 Å². The molecular weight excluding hydrogens is 282 g/mol. The predicted octanol–water partition coefficient (Wildman–Crippen LogP) is 1.58. The van der Waals surface area contributed by atoms with Crippen LogP contribution in [0.4, 0.5) is 5.82 Å². The maximum absolute atomic E-state index is 11.5. The average Bonchev–Trinajstić information content (AvgIpc) is 2.38. The van der Waals surface area contributed by atoms with E-state index in [4.69, 9.17) is 15.6 Å². The largest absolute Gasteiger partial charge is 0.480 e. The summed E-state index contributed by atoms with van der Waals surface area (Å²) in [7, 11) is 0. The summed E-state index contributed by atoms with van der Waals surface area (Å²) in [6, 6.07) is 0. The highest BCUT2D eigenvalue weighted by molar-refractivity contribution is 8.00. The number of carboxylic acids is 1. The summed E-state index contributed by atoms with van der Waals surface area (Å²) in [5.41, 5.74) is 5.75. The van der Waals surface area contributed by atoms with Crippen molar-refractivity contribution in [2.75, 3.05) is 12.3 Å². The van der Waals surface area contributed by atoms with Crippen molar-refractivity contribution in [3.63, 3.8) is 0 Å². The van der Waals surface area contributed by atoms with E-state index in [-0.39, 0.29) is 23.1 Å². The molecule has 3 N–H and O–H groups in total. The highest BCUT2D eigenvalue weighted by atomic mass is 32.2. The van der Waals surface area contributed by atoms with E-state index in [0.717, 1.165) is 18.2 Å². The third-order valence-electron chi connectivity index (χ3n) is 2.37. The Morgan fingerprint density at radius 1 is 1.50 bits per heavy atom. The molecule has 7 nitrogen and oxygen atoms in total. The third-order valence-corrected chi connectivity index (χ3v) is 3.49. The maximum atomic E-state index is 11.5. The van der Waals surface area contributed by atoms with Gasteiger partial charge >= 0.3 is 11.9 Å². The lowest BCUT2D eigenvalue weighted by molar-refractivity contribution is -0.136. The van der Waals surface area contributed by atoms with E-state index in [0.29, 0.717) is 6.42 Å². The quantitative estimate of drug-likeness (QED) is 0.443. The average molecular weight is 299 g/mol. The van der Waals surface area contributed by atoms with Crippen LogP contribution in [-0.2, 0) is 9.53 Å². The molecule has 1 aromatic rings. The van der Waals surface area contributed by atoms with Gasteiger partial charge in [-0.05, 0) is 13.3 Å². The van der Waals surface area contributed by atoms with Crippen molar-refractivity contribution in [1.82, 2.24) is 9.97 Å². The van der Waals surface area contributed by atoms with Crippen molar-refractivity contribution in [3.8, 4) is 0 Å². The first-order valence-corrected chi connectivity index (χ1v) is 7.06. The highest BCUT2D eigenvalue weighted by Gasteiger charge is 2.21. The summed E-state index contributed by atoms with van der Waals surface area (Å²) < 4.78 is 4.81. The molecule has 1 rings (SSSR count). The smallest absolute Gasteiger partial charge is 0.343 e. The Balaban J connectivity index is 2.86. The molecule has 1 aromatic heterocycles. The Bertz CT molecular complexity index is 496. The molecule has 20 heavy (non-hydrogen) atoms. The number of hydrogen-bond acceptors (Lipinski definition) is 7. The number of thioether (sulfide) groups is 1. The molecule has 0 radical (unpaired) electrons. The number of carboxylic acid groups (broad SMARTS) is 1. The molecule has 110 valence electrons. The molecule has 1 heterocycles. The number of esters is 1. The zero-order valence-corrected chi connectivity index (χ0v) is 12.1. The fourth-order valence-electron chi connectivity index (χ4n) is 1.42. The van der Waals surface area contributed by atoms with Crippen LogP contribution in [0.5, 0.6) is 0 Å². The molecule has 0 aliphatic carbocycles. The van der Waals surface area contributed by atoms with Crippen molar-refractivity contribution in [3.05, 3.63) is 11.8 Å². The molecule has 8 heteroatoms. The SMILES string of the molecule is CCCC(Sc1ncc(C(=O)OCC)c(N)n1)C(=O)O. The van der Waals surface area contributed by atoms with Crippen LogP contribution in [0.3, 0.4) is 0 Å². The molecule has 1 atom stereocenters. The van der Waals surface area contributed by atoms with Crippen LogP contribution in [0.15, 0.2) is 11.4 Å². The predicted molar refractivity (Wildman–Crippen MR) is 74.6 cm³/mol.